The van der Waals surface area contributed by atoms with E-state index in [1.807, 2.05) is 0 Å². The molecule has 0 saturated heterocycles. The maximum absolute atomic E-state index is 10.9. The van der Waals surface area contributed by atoms with Gasteiger partial charge in [-0.2, -0.15) is 4.98 Å². The number of carbonyl (C=O) groups is 1. The Labute approximate surface area is 117 Å². The van der Waals surface area contributed by atoms with Crippen molar-refractivity contribution in [3.63, 3.8) is 0 Å². The summed E-state index contributed by atoms with van der Waals surface area (Å²) in [7, 11) is 2.90. The van der Waals surface area contributed by atoms with Gasteiger partial charge in [0.15, 0.2) is 5.82 Å². The average molecular weight is 288 g/mol. The molecule has 0 fully saturated rings. The molecule has 1 rings (SSSR count). The largest absolute Gasteiger partial charge is 0.469 e. The third-order valence-corrected chi connectivity index (χ3v) is 2.76. The van der Waals surface area contributed by atoms with Crippen LogP contribution >= 0.6 is 11.6 Å². The normalized spacial score (nSPS) is 10.1. The Hall–Kier alpha value is -1.56. The van der Waals surface area contributed by atoms with Crippen LogP contribution in [0.1, 0.15) is 25.7 Å². The summed E-state index contributed by atoms with van der Waals surface area (Å²) in [5.74, 6) is 0.387. The van der Waals surface area contributed by atoms with Crippen LogP contribution in [0.5, 0.6) is 6.01 Å². The van der Waals surface area contributed by atoms with Crippen molar-refractivity contribution in [1.29, 1.82) is 0 Å². The van der Waals surface area contributed by atoms with Crippen LogP contribution < -0.4 is 10.1 Å². The summed E-state index contributed by atoms with van der Waals surface area (Å²) >= 11 is 5.95. The second-order valence-electron chi connectivity index (χ2n) is 3.87. The van der Waals surface area contributed by atoms with E-state index in [2.05, 4.69) is 20.0 Å². The van der Waals surface area contributed by atoms with Gasteiger partial charge in [0.05, 0.1) is 20.4 Å². The molecule has 19 heavy (non-hydrogen) atoms. The summed E-state index contributed by atoms with van der Waals surface area (Å²) in [6.45, 7) is 0.723. The quantitative estimate of drug-likeness (QED) is 0.584. The van der Waals surface area contributed by atoms with E-state index in [1.54, 1.807) is 0 Å². The minimum atomic E-state index is -0.170. The number of hydrogen-bond donors (Lipinski definition) is 1. The van der Waals surface area contributed by atoms with Crippen molar-refractivity contribution >= 4 is 23.4 Å². The fraction of sp³-hybridized carbons (Fsp3) is 0.583. The minimum absolute atomic E-state index is 0.170. The van der Waals surface area contributed by atoms with Crippen LogP contribution in [-0.4, -0.2) is 36.7 Å². The SMILES string of the molecule is COC(=O)CCCCCNc1nc(OC)ncc1Cl. The first kappa shape index (κ1) is 15.5. The standard InChI is InChI=1S/C12H18ClN3O3/c1-18-10(17)6-4-3-5-7-14-11-9(13)8-15-12(16-11)19-2/h8H,3-7H2,1-2H3,(H,14,15,16). The highest BCUT2D eigenvalue weighted by Crippen LogP contribution is 2.20. The zero-order chi connectivity index (χ0) is 14.1. The molecule has 0 aromatic carbocycles. The number of unbranched alkanes of at least 4 members (excludes halogenated alkanes) is 2. The van der Waals surface area contributed by atoms with Gasteiger partial charge in [0.2, 0.25) is 0 Å². The van der Waals surface area contributed by atoms with Crippen molar-refractivity contribution in [2.45, 2.75) is 25.7 Å². The first-order chi connectivity index (χ1) is 9.17. The molecule has 6 nitrogen and oxygen atoms in total. The molecule has 0 aliphatic rings. The van der Waals surface area contributed by atoms with Gasteiger partial charge in [-0.05, 0) is 12.8 Å². The second kappa shape index (κ2) is 8.53. The van der Waals surface area contributed by atoms with E-state index < -0.39 is 0 Å². The van der Waals surface area contributed by atoms with E-state index in [0.717, 1.165) is 25.8 Å². The molecule has 0 spiro atoms. The van der Waals surface area contributed by atoms with E-state index >= 15 is 0 Å². The van der Waals surface area contributed by atoms with Crippen molar-refractivity contribution in [3.8, 4) is 6.01 Å². The van der Waals surface area contributed by atoms with Crippen molar-refractivity contribution in [2.24, 2.45) is 0 Å². The van der Waals surface area contributed by atoms with E-state index in [-0.39, 0.29) is 12.0 Å². The lowest BCUT2D eigenvalue weighted by Gasteiger charge is -2.07. The maximum atomic E-state index is 10.9. The number of nitrogens with zero attached hydrogens (tertiary/aromatic N) is 2. The molecule has 0 aliphatic heterocycles. The number of nitrogens with one attached hydrogen (secondary N) is 1. The zero-order valence-electron chi connectivity index (χ0n) is 11.1. The minimum Gasteiger partial charge on any atom is -0.469 e. The van der Waals surface area contributed by atoms with Crippen LogP contribution in [0.4, 0.5) is 5.82 Å². The number of halogens is 1. The Balaban J connectivity index is 2.24. The Kier molecular flexibility index (Phi) is 6.95. The van der Waals surface area contributed by atoms with Crippen LogP contribution in [0.15, 0.2) is 6.20 Å². The lowest BCUT2D eigenvalue weighted by Crippen LogP contribution is -2.06. The molecule has 0 radical (unpaired) electrons. The van der Waals surface area contributed by atoms with Crippen molar-refractivity contribution in [3.05, 3.63) is 11.2 Å². The molecule has 0 atom stereocenters. The van der Waals surface area contributed by atoms with Crippen LogP contribution in [-0.2, 0) is 9.53 Å². The molecule has 0 saturated carbocycles. The number of ether oxygens (including phenoxy) is 2. The van der Waals surface area contributed by atoms with Gasteiger partial charge in [-0.3, -0.25) is 4.79 Å². The van der Waals surface area contributed by atoms with Gasteiger partial charge >= 0.3 is 12.0 Å². The van der Waals surface area contributed by atoms with Crippen molar-refractivity contribution in [2.75, 3.05) is 26.1 Å². The van der Waals surface area contributed by atoms with Gasteiger partial charge in [0, 0.05) is 13.0 Å². The smallest absolute Gasteiger partial charge is 0.318 e. The second-order valence-corrected chi connectivity index (χ2v) is 4.27. The van der Waals surface area contributed by atoms with Crippen LogP contribution in [0.3, 0.4) is 0 Å². The molecule has 0 aliphatic carbocycles. The van der Waals surface area contributed by atoms with Gasteiger partial charge in [0.25, 0.3) is 0 Å². The third kappa shape index (κ3) is 5.74. The predicted octanol–water partition coefficient (Wildman–Crippen LogP) is 2.28. The van der Waals surface area contributed by atoms with E-state index in [4.69, 9.17) is 16.3 Å². The van der Waals surface area contributed by atoms with Crippen LogP contribution in [0.25, 0.3) is 0 Å². The van der Waals surface area contributed by atoms with Crippen LogP contribution in [0, 0.1) is 0 Å². The maximum Gasteiger partial charge on any atom is 0.318 e. The molecule has 0 amide bonds. The van der Waals surface area contributed by atoms with Gasteiger partial charge in [-0.15, -0.1) is 0 Å². The lowest BCUT2D eigenvalue weighted by atomic mass is 10.2. The molecule has 1 aromatic heterocycles. The van der Waals surface area contributed by atoms with E-state index in [9.17, 15) is 4.79 Å². The van der Waals surface area contributed by atoms with Gasteiger partial charge in [-0.25, -0.2) is 4.98 Å². The molecule has 106 valence electrons. The first-order valence-corrected chi connectivity index (χ1v) is 6.42. The summed E-state index contributed by atoms with van der Waals surface area (Å²) in [4.78, 5) is 18.9. The molecule has 1 aromatic rings. The fourth-order valence-electron chi connectivity index (χ4n) is 1.45. The summed E-state index contributed by atoms with van der Waals surface area (Å²) in [5, 5.41) is 3.56. The molecule has 0 bridgehead atoms. The summed E-state index contributed by atoms with van der Waals surface area (Å²) in [5.41, 5.74) is 0. The van der Waals surface area contributed by atoms with E-state index in [1.165, 1.54) is 20.4 Å². The zero-order valence-corrected chi connectivity index (χ0v) is 11.9. The number of anilines is 1. The molecule has 7 heteroatoms. The number of rotatable bonds is 8. The first-order valence-electron chi connectivity index (χ1n) is 6.04. The van der Waals surface area contributed by atoms with Crippen molar-refractivity contribution < 1.29 is 14.3 Å². The third-order valence-electron chi connectivity index (χ3n) is 2.48. The monoisotopic (exact) mass is 287 g/mol. The highest BCUT2D eigenvalue weighted by Gasteiger charge is 2.05. The van der Waals surface area contributed by atoms with Gasteiger partial charge in [0.1, 0.15) is 5.02 Å². The van der Waals surface area contributed by atoms with Gasteiger partial charge in [-0.1, -0.05) is 18.0 Å². The number of carbonyl (C=O) groups excluding carboxylic acids is 1. The average Bonchev–Trinajstić information content (AvgIpc) is 2.44. The summed E-state index contributed by atoms with van der Waals surface area (Å²) in [6, 6.07) is 0.276. The van der Waals surface area contributed by atoms with E-state index in [0.29, 0.717) is 17.3 Å². The number of esters is 1. The fourth-order valence-corrected chi connectivity index (χ4v) is 1.61. The number of aromatic nitrogens is 2. The Morgan fingerprint density at radius 2 is 2.16 bits per heavy atom. The molecular weight excluding hydrogens is 270 g/mol. The van der Waals surface area contributed by atoms with Crippen molar-refractivity contribution in [1.82, 2.24) is 9.97 Å². The predicted molar refractivity (Wildman–Crippen MR) is 72.6 cm³/mol. The highest BCUT2D eigenvalue weighted by molar-refractivity contribution is 6.32. The molecule has 1 N–H and O–H groups in total. The highest BCUT2D eigenvalue weighted by atomic mass is 35.5. The summed E-state index contributed by atoms with van der Waals surface area (Å²) in [6.07, 6.45) is 4.61. The number of hydrogen-bond acceptors (Lipinski definition) is 6. The lowest BCUT2D eigenvalue weighted by molar-refractivity contribution is -0.140. The molecule has 1 heterocycles. The summed E-state index contributed by atoms with van der Waals surface area (Å²) < 4.78 is 9.49. The topological polar surface area (TPSA) is 73.3 Å². The Morgan fingerprint density at radius 3 is 2.84 bits per heavy atom. The Bertz CT molecular complexity index is 415. The van der Waals surface area contributed by atoms with Crippen LogP contribution in [0.2, 0.25) is 5.02 Å². The molecular formula is C12H18ClN3O3. The van der Waals surface area contributed by atoms with Gasteiger partial charge < -0.3 is 14.8 Å². The molecule has 0 unspecified atom stereocenters. The number of methoxy groups -OCH3 is 2. The Morgan fingerprint density at radius 1 is 1.37 bits per heavy atom.